The number of hydrogen-bond acceptors (Lipinski definition) is 2. The molecule has 1 heterocycles. The van der Waals surface area contributed by atoms with Gasteiger partial charge < -0.3 is 10.3 Å². The fourth-order valence-corrected chi connectivity index (χ4v) is 3.58. The summed E-state index contributed by atoms with van der Waals surface area (Å²) in [6.07, 6.45) is 10.7. The molecule has 1 saturated carbocycles. The molecule has 1 fully saturated rings. The van der Waals surface area contributed by atoms with Gasteiger partial charge >= 0.3 is 0 Å². The van der Waals surface area contributed by atoms with Gasteiger partial charge in [0.15, 0.2) is 0 Å². The van der Waals surface area contributed by atoms with E-state index in [1.54, 1.807) is 0 Å². The first-order chi connectivity index (χ1) is 8.77. The molecule has 0 unspecified atom stereocenters. The molecule has 0 bridgehead atoms. The molecule has 2 N–H and O–H groups in total. The van der Waals surface area contributed by atoms with Crippen molar-refractivity contribution < 1.29 is 0 Å². The summed E-state index contributed by atoms with van der Waals surface area (Å²) >= 11 is 0. The Bertz CT molecular complexity index is 498. The number of anilines is 1. The minimum Gasteiger partial charge on any atom is -0.394 e. The molecule has 0 amide bonds. The van der Waals surface area contributed by atoms with Gasteiger partial charge in [0.05, 0.1) is 5.69 Å². The van der Waals surface area contributed by atoms with Gasteiger partial charge in [0, 0.05) is 11.7 Å². The quantitative estimate of drug-likeness (QED) is 0.828. The first-order valence-electron chi connectivity index (χ1n) is 7.30. The van der Waals surface area contributed by atoms with Crippen molar-refractivity contribution in [3.8, 4) is 0 Å². The van der Waals surface area contributed by atoms with Gasteiger partial charge in [-0.25, -0.2) is 0 Å². The fourth-order valence-electron chi connectivity index (χ4n) is 3.58. The molecule has 3 heteroatoms. The van der Waals surface area contributed by atoms with Crippen LogP contribution in [0.4, 0.5) is 5.69 Å². The van der Waals surface area contributed by atoms with E-state index in [0.29, 0.717) is 11.7 Å². The third-order valence-corrected chi connectivity index (χ3v) is 4.51. The molecule has 98 valence electrons. The number of aryl methyl sites for hydroxylation is 1. The highest BCUT2D eigenvalue weighted by Crippen LogP contribution is 2.31. The molecule has 0 atom stereocenters. The Morgan fingerprint density at radius 2 is 1.78 bits per heavy atom. The first-order valence-corrected chi connectivity index (χ1v) is 7.30. The van der Waals surface area contributed by atoms with E-state index in [1.807, 2.05) is 6.07 Å². The number of pyridine rings is 1. The Kier molecular flexibility index (Phi) is 3.14. The number of rotatable bonds is 1. The molecule has 0 radical (unpaired) electrons. The third-order valence-electron chi connectivity index (χ3n) is 4.51. The van der Waals surface area contributed by atoms with Gasteiger partial charge in [-0.1, -0.05) is 19.3 Å². The molecule has 0 aromatic carbocycles. The standard InChI is InChI=1S/C15H22N2O/c16-13-10-11-6-4-5-9-14(11)17(15(13)18)12-7-2-1-3-8-12/h10,12H,1-9,16H2. The molecule has 18 heavy (non-hydrogen) atoms. The number of aromatic nitrogens is 1. The van der Waals surface area contributed by atoms with E-state index in [4.69, 9.17) is 5.73 Å². The van der Waals surface area contributed by atoms with E-state index in [1.165, 1.54) is 43.4 Å². The van der Waals surface area contributed by atoms with Crippen LogP contribution in [-0.4, -0.2) is 4.57 Å². The van der Waals surface area contributed by atoms with Gasteiger partial charge in [0.1, 0.15) is 0 Å². The van der Waals surface area contributed by atoms with Crippen molar-refractivity contribution >= 4 is 5.69 Å². The number of nitrogen functional groups attached to an aromatic ring is 1. The summed E-state index contributed by atoms with van der Waals surface area (Å²) in [7, 11) is 0. The Labute approximate surface area is 108 Å². The topological polar surface area (TPSA) is 48.0 Å². The molecule has 0 saturated heterocycles. The summed E-state index contributed by atoms with van der Waals surface area (Å²) in [5.41, 5.74) is 9.03. The summed E-state index contributed by atoms with van der Waals surface area (Å²) in [5.74, 6) is 0. The van der Waals surface area contributed by atoms with Crippen LogP contribution in [0.15, 0.2) is 10.9 Å². The summed E-state index contributed by atoms with van der Waals surface area (Å²) in [4.78, 5) is 12.4. The number of nitrogens with two attached hydrogens (primary N) is 1. The van der Waals surface area contributed by atoms with Crippen molar-refractivity contribution in [3.63, 3.8) is 0 Å². The van der Waals surface area contributed by atoms with Gasteiger partial charge in [-0.3, -0.25) is 4.79 Å². The highest BCUT2D eigenvalue weighted by Gasteiger charge is 2.23. The van der Waals surface area contributed by atoms with Crippen molar-refractivity contribution in [2.75, 3.05) is 5.73 Å². The van der Waals surface area contributed by atoms with Crippen LogP contribution in [0.25, 0.3) is 0 Å². The van der Waals surface area contributed by atoms with Gasteiger partial charge in [-0.05, 0) is 50.2 Å². The van der Waals surface area contributed by atoms with E-state index in [9.17, 15) is 4.79 Å². The molecule has 1 aromatic rings. The lowest BCUT2D eigenvalue weighted by Crippen LogP contribution is -2.32. The second-order valence-corrected chi connectivity index (χ2v) is 5.75. The van der Waals surface area contributed by atoms with E-state index < -0.39 is 0 Å². The Balaban J connectivity index is 2.10. The molecule has 3 nitrogen and oxygen atoms in total. The second-order valence-electron chi connectivity index (χ2n) is 5.75. The van der Waals surface area contributed by atoms with Crippen LogP contribution >= 0.6 is 0 Å². The highest BCUT2D eigenvalue weighted by atomic mass is 16.1. The van der Waals surface area contributed by atoms with Crippen molar-refractivity contribution in [2.24, 2.45) is 0 Å². The average Bonchev–Trinajstić information content (AvgIpc) is 2.41. The molecule has 1 aromatic heterocycles. The minimum atomic E-state index is 0.0579. The maximum atomic E-state index is 12.4. The van der Waals surface area contributed by atoms with Gasteiger partial charge in [-0.2, -0.15) is 0 Å². The van der Waals surface area contributed by atoms with Crippen LogP contribution in [0.3, 0.4) is 0 Å². The lowest BCUT2D eigenvalue weighted by atomic mass is 9.91. The van der Waals surface area contributed by atoms with Crippen LogP contribution in [0.2, 0.25) is 0 Å². The van der Waals surface area contributed by atoms with Crippen molar-refractivity contribution in [2.45, 2.75) is 63.8 Å². The molecule has 2 aliphatic carbocycles. The lowest BCUT2D eigenvalue weighted by Gasteiger charge is -2.30. The average molecular weight is 246 g/mol. The van der Waals surface area contributed by atoms with Crippen LogP contribution in [-0.2, 0) is 12.8 Å². The molecule has 3 rings (SSSR count). The largest absolute Gasteiger partial charge is 0.394 e. The van der Waals surface area contributed by atoms with Crippen molar-refractivity contribution in [1.29, 1.82) is 0 Å². The lowest BCUT2D eigenvalue weighted by molar-refractivity contribution is 0.335. The van der Waals surface area contributed by atoms with Crippen molar-refractivity contribution in [1.82, 2.24) is 4.57 Å². The fraction of sp³-hybridized carbons (Fsp3) is 0.667. The predicted octanol–water partition coefficient (Wildman–Crippen LogP) is 2.81. The zero-order chi connectivity index (χ0) is 12.5. The molecular formula is C15H22N2O. The minimum absolute atomic E-state index is 0.0579. The van der Waals surface area contributed by atoms with E-state index in [-0.39, 0.29) is 5.56 Å². The summed E-state index contributed by atoms with van der Waals surface area (Å²) in [5, 5.41) is 0. The molecule has 0 aliphatic heterocycles. The monoisotopic (exact) mass is 246 g/mol. The third kappa shape index (κ3) is 1.96. The number of hydrogen-bond donors (Lipinski definition) is 1. The van der Waals surface area contributed by atoms with E-state index >= 15 is 0 Å². The maximum absolute atomic E-state index is 12.4. The first kappa shape index (κ1) is 11.8. The van der Waals surface area contributed by atoms with Gasteiger partial charge in [-0.15, -0.1) is 0 Å². The summed E-state index contributed by atoms with van der Waals surface area (Å²) < 4.78 is 2.06. The number of nitrogens with zero attached hydrogens (tertiary/aromatic N) is 1. The highest BCUT2D eigenvalue weighted by molar-refractivity contribution is 5.42. The van der Waals surface area contributed by atoms with Crippen LogP contribution in [0.1, 0.15) is 62.2 Å². The van der Waals surface area contributed by atoms with Crippen LogP contribution in [0, 0.1) is 0 Å². The van der Waals surface area contributed by atoms with Gasteiger partial charge in [0.2, 0.25) is 0 Å². The Hall–Kier alpha value is -1.25. The van der Waals surface area contributed by atoms with Crippen LogP contribution in [0.5, 0.6) is 0 Å². The molecule has 2 aliphatic rings. The Morgan fingerprint density at radius 3 is 2.56 bits per heavy atom. The summed E-state index contributed by atoms with van der Waals surface area (Å²) in [6, 6.07) is 2.33. The Morgan fingerprint density at radius 1 is 1.06 bits per heavy atom. The van der Waals surface area contributed by atoms with E-state index in [0.717, 1.165) is 25.7 Å². The number of fused-ring (bicyclic) bond motifs is 1. The predicted molar refractivity (Wildman–Crippen MR) is 73.9 cm³/mol. The van der Waals surface area contributed by atoms with Crippen LogP contribution < -0.4 is 11.3 Å². The molecular weight excluding hydrogens is 224 g/mol. The molecule has 0 spiro atoms. The smallest absolute Gasteiger partial charge is 0.274 e. The maximum Gasteiger partial charge on any atom is 0.274 e. The second kappa shape index (κ2) is 4.79. The van der Waals surface area contributed by atoms with Gasteiger partial charge in [0.25, 0.3) is 5.56 Å². The summed E-state index contributed by atoms with van der Waals surface area (Å²) in [6.45, 7) is 0. The van der Waals surface area contributed by atoms with E-state index in [2.05, 4.69) is 4.57 Å². The zero-order valence-corrected chi connectivity index (χ0v) is 11.0. The zero-order valence-electron chi connectivity index (χ0n) is 11.0. The SMILES string of the molecule is Nc1cc2c(n(C3CCCCC3)c1=O)CCCC2. The van der Waals surface area contributed by atoms with Crippen molar-refractivity contribution in [3.05, 3.63) is 27.7 Å². The normalized spacial score (nSPS) is 20.7.